The lowest BCUT2D eigenvalue weighted by Crippen LogP contribution is -2.31. The molecule has 0 amide bonds. The molecule has 0 N–H and O–H groups in total. The van der Waals surface area contributed by atoms with E-state index in [1.165, 1.54) is 25.4 Å². The summed E-state index contributed by atoms with van der Waals surface area (Å²) >= 11 is 0. The second kappa shape index (κ2) is 12.1. The van der Waals surface area contributed by atoms with Crippen molar-refractivity contribution in [3.05, 3.63) is 112 Å². The van der Waals surface area contributed by atoms with Crippen LogP contribution in [0.25, 0.3) is 27.1 Å². The molecule has 0 unspecified atom stereocenters. The number of hydrogen-bond acceptors (Lipinski definition) is 7. The zero-order chi connectivity index (χ0) is 30.8. The monoisotopic (exact) mass is 599 g/mol. The van der Waals surface area contributed by atoms with Gasteiger partial charge in [-0.2, -0.15) is 0 Å². The van der Waals surface area contributed by atoms with E-state index >= 15 is 8.78 Å². The molecule has 0 radical (unpaired) electrons. The van der Waals surface area contributed by atoms with Gasteiger partial charge in [0.05, 0.1) is 47.6 Å². The number of carbonyl (C=O) groups is 1. The normalized spacial score (nSPS) is 14.2. The molecule has 1 saturated heterocycles. The predicted molar refractivity (Wildman–Crippen MR) is 153 cm³/mol. The minimum Gasteiger partial charge on any atom is -0.473 e. The quantitative estimate of drug-likeness (QED) is 0.147. The average molecular weight is 600 g/mol. The van der Waals surface area contributed by atoms with Gasteiger partial charge in [-0.05, 0) is 54.4 Å². The molecule has 0 bridgehead atoms. The molecule has 2 aromatic carbocycles. The lowest BCUT2D eigenvalue weighted by atomic mass is 10.0. The van der Waals surface area contributed by atoms with Crippen LogP contribution in [-0.2, 0) is 29.0 Å². The maximum atomic E-state index is 15.5. The van der Waals surface area contributed by atoms with Crippen LogP contribution >= 0.6 is 0 Å². The maximum Gasteiger partial charge on any atom is 0.337 e. The van der Waals surface area contributed by atoms with Crippen LogP contribution < -0.4 is 4.74 Å². The number of halogens is 3. The van der Waals surface area contributed by atoms with Crippen LogP contribution in [-0.4, -0.2) is 45.3 Å². The maximum absolute atomic E-state index is 15.5. The second-order valence-electron chi connectivity index (χ2n) is 10.1. The van der Waals surface area contributed by atoms with E-state index in [0.717, 1.165) is 24.6 Å². The fraction of sp³-hybridized carbons (Fsp3) is 0.219. The zero-order valence-electron chi connectivity index (χ0n) is 23.4. The van der Waals surface area contributed by atoms with E-state index in [9.17, 15) is 9.18 Å². The standard InChI is InChI=1S/C32H24F3N5O4/c1-36-29-14-24(34)20(15-37-29)17-44-31-5-3-4-26(39-31)22-13-23(33)19(10-25(22)35)12-30-38-27-7-6-18(32(41)42-2)11-28(27)40(30)16-21-8-9-43-21/h3-7,10-11,13-15,21H,8-9,12,16-17H2,2H3/t21-/m0/s1. The minimum atomic E-state index is -0.700. The largest absolute Gasteiger partial charge is 0.473 e. The third-order valence-electron chi connectivity index (χ3n) is 7.32. The topological polar surface area (TPSA) is 92.7 Å². The number of pyridine rings is 2. The van der Waals surface area contributed by atoms with Gasteiger partial charge in [-0.15, -0.1) is 4.98 Å². The van der Waals surface area contributed by atoms with Crippen molar-refractivity contribution < 1.29 is 32.2 Å². The Balaban J connectivity index is 1.26. The van der Waals surface area contributed by atoms with E-state index < -0.39 is 23.4 Å². The van der Waals surface area contributed by atoms with E-state index in [-0.39, 0.29) is 53.2 Å². The van der Waals surface area contributed by atoms with E-state index in [1.54, 1.807) is 24.3 Å². The molecule has 1 fully saturated rings. The number of rotatable bonds is 9. The Morgan fingerprint density at radius 3 is 2.61 bits per heavy atom. The molecule has 0 spiro atoms. The Labute approximate surface area is 249 Å². The Morgan fingerprint density at radius 2 is 1.89 bits per heavy atom. The van der Waals surface area contributed by atoms with Crippen molar-refractivity contribution in [3.63, 3.8) is 0 Å². The Bertz CT molecular complexity index is 1930. The van der Waals surface area contributed by atoms with Crippen molar-refractivity contribution in [2.75, 3.05) is 13.7 Å². The van der Waals surface area contributed by atoms with E-state index in [2.05, 4.69) is 19.8 Å². The molecule has 3 aromatic heterocycles. The smallest absolute Gasteiger partial charge is 0.337 e. The average Bonchev–Trinajstić information content (AvgIpc) is 3.35. The molecule has 1 aliphatic heterocycles. The number of nitrogens with zero attached hydrogens (tertiary/aromatic N) is 5. The van der Waals surface area contributed by atoms with Gasteiger partial charge < -0.3 is 23.6 Å². The first-order valence-corrected chi connectivity index (χ1v) is 13.6. The van der Waals surface area contributed by atoms with E-state index in [4.69, 9.17) is 20.8 Å². The number of hydrogen-bond donors (Lipinski definition) is 0. The molecule has 222 valence electrons. The van der Waals surface area contributed by atoms with Crippen LogP contribution in [0, 0.1) is 24.0 Å². The molecule has 5 aromatic rings. The van der Waals surface area contributed by atoms with Crippen molar-refractivity contribution in [2.24, 2.45) is 0 Å². The van der Waals surface area contributed by atoms with Gasteiger partial charge in [0.2, 0.25) is 5.88 Å². The molecule has 1 aliphatic rings. The SMILES string of the molecule is [C-]#[N+]c1cc(F)c(COc2cccc(-c3cc(F)c(Cc4nc5ccc(C(=O)OC)cc5n4C[C@@H]4CCO4)cc3F)n2)cn1. The summed E-state index contributed by atoms with van der Waals surface area (Å²) in [7, 11) is 1.30. The summed E-state index contributed by atoms with van der Waals surface area (Å²) in [6, 6.07) is 12.7. The number of ether oxygens (including phenoxy) is 3. The summed E-state index contributed by atoms with van der Waals surface area (Å²) < 4.78 is 63.0. The van der Waals surface area contributed by atoms with Crippen LogP contribution in [0.1, 0.15) is 33.7 Å². The molecule has 12 heteroatoms. The van der Waals surface area contributed by atoms with Gasteiger partial charge in [0.1, 0.15) is 36.1 Å². The Morgan fingerprint density at radius 1 is 1.07 bits per heavy atom. The summed E-state index contributed by atoms with van der Waals surface area (Å²) in [4.78, 5) is 28.0. The van der Waals surface area contributed by atoms with E-state index in [0.29, 0.717) is 35.6 Å². The van der Waals surface area contributed by atoms with Crippen molar-refractivity contribution in [2.45, 2.75) is 32.1 Å². The second-order valence-corrected chi connectivity index (χ2v) is 10.1. The molecule has 0 saturated carbocycles. The lowest BCUT2D eigenvalue weighted by Gasteiger charge is -2.27. The first-order valence-electron chi connectivity index (χ1n) is 13.6. The minimum absolute atomic E-state index is 0.0134. The predicted octanol–water partition coefficient (Wildman–Crippen LogP) is 6.21. The number of carbonyl (C=O) groups excluding carboxylic acids is 1. The Kier molecular flexibility index (Phi) is 7.95. The molecule has 1 atom stereocenters. The summed E-state index contributed by atoms with van der Waals surface area (Å²) in [5.74, 6) is -2.02. The van der Waals surface area contributed by atoms with Crippen LogP contribution in [0.3, 0.4) is 0 Å². The summed E-state index contributed by atoms with van der Waals surface area (Å²) in [6.07, 6.45) is 1.99. The van der Waals surface area contributed by atoms with Crippen LogP contribution in [0.15, 0.2) is 60.8 Å². The number of aromatic nitrogens is 4. The fourth-order valence-electron chi connectivity index (χ4n) is 4.89. The highest BCUT2D eigenvalue weighted by Crippen LogP contribution is 2.29. The van der Waals surface area contributed by atoms with Crippen molar-refractivity contribution in [3.8, 4) is 17.1 Å². The van der Waals surface area contributed by atoms with Crippen molar-refractivity contribution in [1.82, 2.24) is 19.5 Å². The highest BCUT2D eigenvalue weighted by Gasteiger charge is 2.24. The highest BCUT2D eigenvalue weighted by molar-refractivity contribution is 5.93. The fourth-order valence-corrected chi connectivity index (χ4v) is 4.89. The Hall–Kier alpha value is -5.28. The molecule has 0 aliphatic carbocycles. The van der Waals surface area contributed by atoms with Gasteiger partial charge in [0.25, 0.3) is 5.82 Å². The van der Waals surface area contributed by atoms with Crippen molar-refractivity contribution >= 4 is 22.8 Å². The summed E-state index contributed by atoms with van der Waals surface area (Å²) in [6.45, 7) is 7.78. The zero-order valence-corrected chi connectivity index (χ0v) is 23.4. The molecule has 6 rings (SSSR count). The van der Waals surface area contributed by atoms with Gasteiger partial charge in [-0.3, -0.25) is 0 Å². The highest BCUT2D eigenvalue weighted by atomic mass is 19.1. The van der Waals surface area contributed by atoms with Gasteiger partial charge in [0, 0.05) is 24.7 Å². The summed E-state index contributed by atoms with van der Waals surface area (Å²) in [5, 5.41) is 0. The molecular formula is C32H24F3N5O4. The first kappa shape index (κ1) is 28.8. The van der Waals surface area contributed by atoms with Gasteiger partial charge in [0.15, 0.2) is 0 Å². The first-order chi connectivity index (χ1) is 21.3. The van der Waals surface area contributed by atoms with Crippen LogP contribution in [0.4, 0.5) is 19.0 Å². The number of esters is 1. The number of methoxy groups -OCH3 is 1. The van der Waals surface area contributed by atoms with Crippen molar-refractivity contribution in [1.29, 1.82) is 0 Å². The number of imidazole rings is 1. The van der Waals surface area contributed by atoms with Crippen LogP contribution in [0.5, 0.6) is 5.88 Å². The molecule has 4 heterocycles. The third-order valence-corrected chi connectivity index (χ3v) is 7.32. The number of benzene rings is 2. The van der Waals surface area contributed by atoms with E-state index in [1.807, 2.05) is 4.57 Å². The van der Waals surface area contributed by atoms with Gasteiger partial charge in [-0.1, -0.05) is 12.6 Å². The molecule has 44 heavy (non-hydrogen) atoms. The third kappa shape index (κ3) is 5.82. The lowest BCUT2D eigenvalue weighted by molar-refractivity contribution is -0.0589. The molecular weight excluding hydrogens is 575 g/mol. The summed E-state index contributed by atoms with van der Waals surface area (Å²) in [5.41, 5.74) is 1.86. The van der Waals surface area contributed by atoms with Crippen LogP contribution in [0.2, 0.25) is 0 Å². The number of fused-ring (bicyclic) bond motifs is 1. The van der Waals surface area contributed by atoms with Gasteiger partial charge >= 0.3 is 5.97 Å². The molecule has 9 nitrogen and oxygen atoms in total. The van der Waals surface area contributed by atoms with Gasteiger partial charge in [-0.25, -0.2) is 27.9 Å².